The van der Waals surface area contributed by atoms with E-state index in [-0.39, 0.29) is 26.4 Å². The highest BCUT2D eigenvalue weighted by Gasteiger charge is 2.42. The zero-order valence-corrected chi connectivity index (χ0v) is 30.7. The highest BCUT2D eigenvalue weighted by molar-refractivity contribution is 5.70. The third kappa shape index (κ3) is 12.7. The molecule has 0 bridgehead atoms. The van der Waals surface area contributed by atoms with Crippen molar-refractivity contribution in [3.63, 3.8) is 0 Å². The molecule has 274 valence electrons. The van der Waals surface area contributed by atoms with E-state index in [1.165, 1.54) is 0 Å². The maximum atomic E-state index is 14.4. The molecule has 0 aromatic heterocycles. The minimum absolute atomic E-state index is 0.172. The van der Waals surface area contributed by atoms with Crippen LogP contribution in [0.4, 0.5) is 4.79 Å². The summed E-state index contributed by atoms with van der Waals surface area (Å²) in [5.74, 6) is 0. The first-order chi connectivity index (χ1) is 25.8. The number of carbonyl (C=O) groups is 2. The summed E-state index contributed by atoms with van der Waals surface area (Å²) in [5.41, 5.74) is 3.78. The Bertz CT molecular complexity index is 1810. The lowest BCUT2D eigenvalue weighted by Crippen LogP contribution is -2.56. The molecule has 0 unspecified atom stereocenters. The van der Waals surface area contributed by atoms with Crippen molar-refractivity contribution in [2.75, 3.05) is 0 Å². The smallest absolute Gasteiger partial charge is 0.411 e. The summed E-state index contributed by atoms with van der Waals surface area (Å²) < 4.78 is 26.1. The number of hydrogen-bond donors (Lipinski definition) is 0. The fourth-order valence-electron chi connectivity index (χ4n) is 5.83. The number of benzene rings is 5. The van der Waals surface area contributed by atoms with E-state index in [0.717, 1.165) is 34.1 Å². The van der Waals surface area contributed by atoms with Crippen LogP contribution in [0.3, 0.4) is 0 Å². The van der Waals surface area contributed by atoms with Gasteiger partial charge in [-0.3, -0.25) is 4.90 Å². The van der Waals surface area contributed by atoms with Gasteiger partial charge in [-0.15, -0.1) is 0 Å². The molecule has 0 heterocycles. The molecule has 5 rings (SSSR count). The second kappa shape index (κ2) is 20.0. The summed E-state index contributed by atoms with van der Waals surface area (Å²) in [6, 6.07) is 48.0. The second-order valence-electron chi connectivity index (χ2n) is 13.8. The monoisotopic (exact) mass is 711 g/mol. The minimum atomic E-state index is -1.07. The predicted octanol–water partition coefficient (Wildman–Crippen LogP) is 9.46. The normalized spacial score (nSPS) is 13.9. The number of amides is 1. The van der Waals surface area contributed by atoms with Crippen molar-refractivity contribution < 1.29 is 28.5 Å². The van der Waals surface area contributed by atoms with Crippen molar-refractivity contribution in [3.8, 4) is 0 Å². The van der Waals surface area contributed by atoms with Crippen molar-refractivity contribution in [2.45, 2.75) is 77.1 Å². The van der Waals surface area contributed by atoms with Crippen molar-refractivity contribution in [3.05, 3.63) is 186 Å². The average Bonchev–Trinajstić information content (AvgIpc) is 3.18. The molecule has 5 aromatic carbocycles. The van der Waals surface area contributed by atoms with Crippen molar-refractivity contribution in [2.24, 2.45) is 0 Å². The van der Waals surface area contributed by atoms with Gasteiger partial charge in [-0.05, 0) is 48.6 Å². The minimum Gasteiger partial charge on any atom is -0.444 e. The maximum Gasteiger partial charge on any atom is 0.411 e. The first kappa shape index (κ1) is 38.9. The molecule has 1 amide bonds. The molecule has 0 spiro atoms. The fraction of sp³-hybridized carbons (Fsp3) is 0.261. The molecule has 7 nitrogen and oxygen atoms in total. The summed E-state index contributed by atoms with van der Waals surface area (Å²) in [5, 5.41) is 0. The van der Waals surface area contributed by atoms with Crippen molar-refractivity contribution in [1.29, 1.82) is 0 Å². The molecule has 7 heteroatoms. The highest BCUT2D eigenvalue weighted by atomic mass is 16.6. The summed E-state index contributed by atoms with van der Waals surface area (Å²) in [6.07, 6.45) is 1.19. The fourth-order valence-corrected chi connectivity index (χ4v) is 5.83. The van der Waals surface area contributed by atoms with Gasteiger partial charge in [0.15, 0.2) is 6.29 Å². The molecule has 0 aliphatic carbocycles. The van der Waals surface area contributed by atoms with E-state index in [1.807, 2.05) is 185 Å². The van der Waals surface area contributed by atoms with Gasteiger partial charge in [0.2, 0.25) is 0 Å². The molecule has 4 atom stereocenters. The largest absolute Gasteiger partial charge is 0.444 e. The van der Waals surface area contributed by atoms with Crippen LogP contribution in [0.15, 0.2) is 158 Å². The summed E-state index contributed by atoms with van der Waals surface area (Å²) in [4.78, 5) is 29.2. The molecule has 53 heavy (non-hydrogen) atoms. The number of ether oxygens (including phenoxy) is 4. The second-order valence-corrected chi connectivity index (χ2v) is 13.8. The van der Waals surface area contributed by atoms with Crippen LogP contribution < -0.4 is 0 Å². The first-order valence-corrected chi connectivity index (χ1v) is 18.0. The summed E-state index contributed by atoms with van der Waals surface area (Å²) in [6.45, 7) is 6.26. The molecule has 0 fully saturated rings. The van der Waals surface area contributed by atoms with Crippen LogP contribution >= 0.6 is 0 Å². The van der Waals surface area contributed by atoms with Gasteiger partial charge >= 0.3 is 6.09 Å². The van der Waals surface area contributed by atoms with Crippen molar-refractivity contribution >= 4 is 18.5 Å². The zero-order valence-electron chi connectivity index (χ0n) is 30.7. The molecule has 0 aliphatic heterocycles. The van der Waals surface area contributed by atoms with Gasteiger partial charge in [-0.2, -0.15) is 0 Å². The van der Waals surface area contributed by atoms with E-state index < -0.39 is 36.0 Å². The van der Waals surface area contributed by atoms with Gasteiger partial charge in [0.25, 0.3) is 0 Å². The Morgan fingerprint density at radius 3 is 1.45 bits per heavy atom. The number of rotatable bonds is 18. The SMILES string of the molecule is CC(C)(C)OC(=O)N(Cc1ccccc1)[C@H](/C=C/c1ccccc1)[C@@H](OCc1ccccc1)[C@@H](OCc1ccccc1)[C@@H](C=O)OCc1ccccc1. The zero-order chi connectivity index (χ0) is 37.3. The van der Waals surface area contributed by atoms with Crippen LogP contribution in [0.5, 0.6) is 0 Å². The van der Waals surface area contributed by atoms with Crippen LogP contribution in [-0.4, -0.2) is 47.2 Å². The number of hydrogen-bond acceptors (Lipinski definition) is 6. The molecule has 0 saturated carbocycles. The Morgan fingerprint density at radius 1 is 0.585 bits per heavy atom. The standard InChI is InChI=1S/C46H49NO6/c1-46(2,3)53-45(49)47(31-37-21-11-5-12-22-37)41(30-29-36-19-9-4-10-20-36)43(51-34-39-25-15-7-16-26-39)44(52-35-40-27-17-8-18-28-40)42(32-48)50-33-38-23-13-6-14-24-38/h4-30,32,41-44H,31,33-35H2,1-3H3/b30-29+/t41-,42-,43-,44+/m1/s1. The average molecular weight is 712 g/mol. The Labute approximate surface area is 313 Å². The van der Waals surface area contributed by atoms with Gasteiger partial charge in [0, 0.05) is 6.54 Å². The molecule has 0 N–H and O–H groups in total. The van der Waals surface area contributed by atoms with E-state index in [1.54, 1.807) is 4.90 Å². The number of aldehydes is 1. The number of carbonyl (C=O) groups excluding carboxylic acids is 2. The van der Waals surface area contributed by atoms with Gasteiger partial charge < -0.3 is 23.7 Å². The third-order valence-corrected chi connectivity index (χ3v) is 8.44. The molecular formula is C46H49NO6. The Morgan fingerprint density at radius 2 is 1.00 bits per heavy atom. The first-order valence-electron chi connectivity index (χ1n) is 18.0. The lowest BCUT2D eigenvalue weighted by molar-refractivity contribution is -0.167. The Kier molecular flexibility index (Phi) is 14.7. The Hall–Kier alpha value is -5.34. The van der Waals surface area contributed by atoms with E-state index in [9.17, 15) is 9.59 Å². The van der Waals surface area contributed by atoms with Crippen LogP contribution in [0.1, 0.15) is 48.6 Å². The topological polar surface area (TPSA) is 74.3 Å². The van der Waals surface area contributed by atoms with Gasteiger partial charge in [-0.25, -0.2) is 4.79 Å². The van der Waals surface area contributed by atoms with Crippen LogP contribution in [0, 0.1) is 0 Å². The van der Waals surface area contributed by atoms with Crippen molar-refractivity contribution in [1.82, 2.24) is 4.90 Å². The van der Waals surface area contributed by atoms with Gasteiger partial charge in [0.1, 0.15) is 23.9 Å². The predicted molar refractivity (Wildman–Crippen MR) is 209 cm³/mol. The maximum absolute atomic E-state index is 14.4. The van der Waals surface area contributed by atoms with E-state index in [0.29, 0.717) is 0 Å². The summed E-state index contributed by atoms with van der Waals surface area (Å²) in [7, 11) is 0. The van der Waals surface area contributed by atoms with E-state index >= 15 is 0 Å². The van der Waals surface area contributed by atoms with Gasteiger partial charge in [-0.1, -0.05) is 164 Å². The van der Waals surface area contributed by atoms with Gasteiger partial charge in [0.05, 0.1) is 25.9 Å². The molecule has 0 aliphatic rings. The molecule has 5 aromatic rings. The lowest BCUT2D eigenvalue weighted by Gasteiger charge is -2.40. The number of nitrogens with zero attached hydrogens (tertiary/aromatic N) is 1. The lowest BCUT2D eigenvalue weighted by atomic mass is 9.97. The third-order valence-electron chi connectivity index (χ3n) is 8.44. The van der Waals surface area contributed by atoms with E-state index in [4.69, 9.17) is 18.9 Å². The summed E-state index contributed by atoms with van der Waals surface area (Å²) >= 11 is 0. The quantitative estimate of drug-likeness (QED) is 0.0844. The Balaban J connectivity index is 1.65. The highest BCUT2D eigenvalue weighted by Crippen LogP contribution is 2.27. The molecular weight excluding hydrogens is 663 g/mol. The van der Waals surface area contributed by atoms with Crippen LogP contribution in [0.25, 0.3) is 6.08 Å². The van der Waals surface area contributed by atoms with E-state index in [2.05, 4.69) is 0 Å². The van der Waals surface area contributed by atoms with Crippen LogP contribution in [0.2, 0.25) is 0 Å². The molecule has 0 radical (unpaired) electrons. The molecule has 0 saturated heterocycles. The van der Waals surface area contributed by atoms with Crippen LogP contribution in [-0.2, 0) is 50.1 Å².